The van der Waals surface area contributed by atoms with Gasteiger partial charge in [0.25, 0.3) is 0 Å². The van der Waals surface area contributed by atoms with E-state index in [1.54, 1.807) is 0 Å². The standard InChI is InChI=1S/C64H41NO/c1-3-16-44(17-4-1)63-58-24-10-9-22-54(58)55-37-32-48(40-59(55)64(63)45-18-5-2-6-19-45)53-21-11-13-25-60(53)65(50-35-38-57-56-23-12-14-26-61(56)66-62(57)41-50)49-33-29-42(30-34-49)46-31-36-52-47(39-46)28-27-43-15-7-8-20-51(43)52/h1-41H. The average molecular weight is 840 g/mol. The molecule has 0 unspecified atom stereocenters. The largest absolute Gasteiger partial charge is 0.456 e. The van der Waals surface area contributed by atoms with Crippen LogP contribution in [-0.4, -0.2) is 0 Å². The maximum absolute atomic E-state index is 6.53. The molecule has 308 valence electrons. The second kappa shape index (κ2) is 15.5. The van der Waals surface area contributed by atoms with Crippen molar-refractivity contribution in [3.63, 3.8) is 0 Å². The number of hydrogen-bond donors (Lipinski definition) is 0. The first kappa shape index (κ1) is 37.8. The van der Waals surface area contributed by atoms with E-state index in [1.807, 2.05) is 12.1 Å². The molecule has 66 heavy (non-hydrogen) atoms. The molecule has 0 spiro atoms. The third kappa shape index (κ3) is 6.26. The second-order valence-corrected chi connectivity index (χ2v) is 17.2. The lowest BCUT2D eigenvalue weighted by Crippen LogP contribution is -2.11. The zero-order valence-corrected chi connectivity index (χ0v) is 36.0. The van der Waals surface area contributed by atoms with E-state index in [-0.39, 0.29) is 0 Å². The van der Waals surface area contributed by atoms with Gasteiger partial charge in [-0.05, 0) is 131 Å². The summed E-state index contributed by atoms with van der Waals surface area (Å²) in [7, 11) is 0. The van der Waals surface area contributed by atoms with Gasteiger partial charge in [0, 0.05) is 33.8 Å². The zero-order chi connectivity index (χ0) is 43.6. The molecule has 0 aliphatic rings. The molecule has 0 atom stereocenters. The molecule has 0 N–H and O–H groups in total. The first-order valence-electron chi connectivity index (χ1n) is 22.7. The molecule has 1 aromatic heterocycles. The monoisotopic (exact) mass is 839 g/mol. The SMILES string of the molecule is c1ccc(-c2c(-c3ccccc3)c3cc(-c4ccccc4N(c4ccc(-c5ccc6c(ccc7ccccc76)c5)cc4)c4ccc5c(c4)oc4ccccc45)ccc3c3ccccc23)cc1. The highest BCUT2D eigenvalue weighted by Gasteiger charge is 2.22. The van der Waals surface area contributed by atoms with E-state index in [9.17, 15) is 0 Å². The highest BCUT2D eigenvalue weighted by molar-refractivity contribution is 6.22. The van der Waals surface area contributed by atoms with Gasteiger partial charge in [-0.2, -0.15) is 0 Å². The molecule has 2 nitrogen and oxygen atoms in total. The van der Waals surface area contributed by atoms with Crippen LogP contribution in [0.3, 0.4) is 0 Å². The molecular weight excluding hydrogens is 799 g/mol. The van der Waals surface area contributed by atoms with Gasteiger partial charge in [0.05, 0.1) is 5.69 Å². The molecule has 0 aliphatic carbocycles. The Balaban J connectivity index is 1.00. The van der Waals surface area contributed by atoms with Crippen LogP contribution in [0, 0.1) is 0 Å². The minimum absolute atomic E-state index is 0.856. The van der Waals surface area contributed by atoms with Crippen molar-refractivity contribution in [2.75, 3.05) is 4.90 Å². The van der Waals surface area contributed by atoms with Gasteiger partial charge in [0.2, 0.25) is 0 Å². The number of benzene rings is 12. The minimum atomic E-state index is 0.856. The molecular formula is C64H41NO. The lowest BCUT2D eigenvalue weighted by molar-refractivity contribution is 0.669. The van der Waals surface area contributed by atoms with Crippen LogP contribution in [0.25, 0.3) is 110 Å². The molecule has 0 saturated heterocycles. The Morgan fingerprint density at radius 2 is 0.788 bits per heavy atom. The van der Waals surface area contributed by atoms with E-state index in [0.717, 1.165) is 50.1 Å². The Hall–Kier alpha value is -8.72. The number of rotatable bonds is 7. The second-order valence-electron chi connectivity index (χ2n) is 17.2. The summed E-state index contributed by atoms with van der Waals surface area (Å²) in [5, 5.41) is 12.2. The topological polar surface area (TPSA) is 16.4 Å². The van der Waals surface area contributed by atoms with Crippen LogP contribution in [0.1, 0.15) is 0 Å². The summed E-state index contributed by atoms with van der Waals surface area (Å²) in [5.41, 5.74) is 14.4. The van der Waals surface area contributed by atoms with E-state index in [2.05, 4.69) is 241 Å². The van der Waals surface area contributed by atoms with Crippen molar-refractivity contribution >= 4 is 82.1 Å². The number of nitrogens with zero attached hydrogens (tertiary/aromatic N) is 1. The van der Waals surface area contributed by atoms with E-state index in [4.69, 9.17) is 4.42 Å². The molecule has 0 fully saturated rings. The van der Waals surface area contributed by atoms with E-state index < -0.39 is 0 Å². The summed E-state index contributed by atoms with van der Waals surface area (Å²) in [4.78, 5) is 2.39. The lowest BCUT2D eigenvalue weighted by atomic mass is 9.84. The van der Waals surface area contributed by atoms with Crippen molar-refractivity contribution < 1.29 is 4.42 Å². The van der Waals surface area contributed by atoms with Gasteiger partial charge in [0.15, 0.2) is 0 Å². The predicted molar refractivity (Wildman–Crippen MR) is 280 cm³/mol. The number of anilines is 3. The summed E-state index contributed by atoms with van der Waals surface area (Å²) in [5.74, 6) is 0. The number of fused-ring (bicyclic) bond motifs is 9. The predicted octanol–water partition coefficient (Wildman–Crippen LogP) is 18.3. The fourth-order valence-electron chi connectivity index (χ4n) is 10.4. The highest BCUT2D eigenvalue weighted by Crippen LogP contribution is 2.48. The number of para-hydroxylation sites is 2. The van der Waals surface area contributed by atoms with Crippen molar-refractivity contribution in [3.8, 4) is 44.5 Å². The van der Waals surface area contributed by atoms with Gasteiger partial charge < -0.3 is 9.32 Å². The molecule has 2 heteroatoms. The Labute approximate surface area is 382 Å². The smallest absolute Gasteiger partial charge is 0.137 e. The van der Waals surface area contributed by atoms with Crippen LogP contribution < -0.4 is 4.90 Å². The fraction of sp³-hybridized carbons (Fsp3) is 0. The molecule has 0 aliphatic heterocycles. The van der Waals surface area contributed by atoms with Gasteiger partial charge >= 0.3 is 0 Å². The normalized spacial score (nSPS) is 11.6. The maximum atomic E-state index is 6.53. The maximum Gasteiger partial charge on any atom is 0.137 e. The lowest BCUT2D eigenvalue weighted by Gasteiger charge is -2.28. The van der Waals surface area contributed by atoms with Crippen molar-refractivity contribution in [2.45, 2.75) is 0 Å². The summed E-state index contributed by atoms with van der Waals surface area (Å²) in [6, 6.07) is 90.3. The summed E-state index contributed by atoms with van der Waals surface area (Å²) < 4.78 is 6.53. The van der Waals surface area contributed by atoms with Crippen LogP contribution in [0.5, 0.6) is 0 Å². The summed E-state index contributed by atoms with van der Waals surface area (Å²) in [6.45, 7) is 0. The Bertz CT molecular complexity index is 3980. The molecule has 0 radical (unpaired) electrons. The summed E-state index contributed by atoms with van der Waals surface area (Å²) >= 11 is 0. The summed E-state index contributed by atoms with van der Waals surface area (Å²) in [6.07, 6.45) is 0. The van der Waals surface area contributed by atoms with E-state index in [0.29, 0.717) is 0 Å². The molecule has 13 aromatic rings. The van der Waals surface area contributed by atoms with Crippen LogP contribution in [-0.2, 0) is 0 Å². The Kier molecular flexibility index (Phi) is 8.89. The van der Waals surface area contributed by atoms with Gasteiger partial charge in [-0.15, -0.1) is 0 Å². The zero-order valence-electron chi connectivity index (χ0n) is 36.0. The molecule has 0 amide bonds. The first-order valence-corrected chi connectivity index (χ1v) is 22.7. The van der Waals surface area contributed by atoms with Gasteiger partial charge in [0.1, 0.15) is 11.2 Å². The van der Waals surface area contributed by atoms with Gasteiger partial charge in [-0.25, -0.2) is 0 Å². The van der Waals surface area contributed by atoms with Crippen LogP contribution in [0.2, 0.25) is 0 Å². The van der Waals surface area contributed by atoms with Crippen molar-refractivity contribution in [1.29, 1.82) is 0 Å². The molecule has 0 saturated carbocycles. The quantitative estimate of drug-likeness (QED) is 0.149. The van der Waals surface area contributed by atoms with Gasteiger partial charge in [-0.3, -0.25) is 0 Å². The van der Waals surface area contributed by atoms with Crippen molar-refractivity contribution in [2.24, 2.45) is 0 Å². The molecule has 12 aromatic carbocycles. The van der Waals surface area contributed by atoms with Crippen LogP contribution in [0.4, 0.5) is 17.1 Å². The Morgan fingerprint density at radius 3 is 1.59 bits per heavy atom. The number of hydrogen-bond acceptors (Lipinski definition) is 2. The van der Waals surface area contributed by atoms with Crippen LogP contribution >= 0.6 is 0 Å². The number of furan rings is 1. The molecule has 13 rings (SSSR count). The highest BCUT2D eigenvalue weighted by atomic mass is 16.3. The first-order chi connectivity index (χ1) is 32.7. The third-order valence-corrected chi connectivity index (χ3v) is 13.4. The van der Waals surface area contributed by atoms with Crippen molar-refractivity contribution in [1.82, 2.24) is 0 Å². The van der Waals surface area contributed by atoms with E-state index in [1.165, 1.54) is 76.5 Å². The minimum Gasteiger partial charge on any atom is -0.456 e. The van der Waals surface area contributed by atoms with Crippen molar-refractivity contribution in [3.05, 3.63) is 249 Å². The fourth-order valence-corrected chi connectivity index (χ4v) is 10.4. The third-order valence-electron chi connectivity index (χ3n) is 13.4. The average Bonchev–Trinajstić information content (AvgIpc) is 3.77. The van der Waals surface area contributed by atoms with Gasteiger partial charge in [-0.1, -0.05) is 194 Å². The molecule has 0 bridgehead atoms. The Morgan fingerprint density at radius 1 is 0.258 bits per heavy atom. The van der Waals surface area contributed by atoms with E-state index >= 15 is 0 Å². The van der Waals surface area contributed by atoms with Crippen LogP contribution in [0.15, 0.2) is 253 Å². The molecule has 1 heterocycles.